The van der Waals surface area contributed by atoms with Gasteiger partial charge in [0, 0.05) is 22.1 Å². The highest BCUT2D eigenvalue weighted by atomic mass is 32.2. The van der Waals surface area contributed by atoms with Crippen LogP contribution in [0.2, 0.25) is 0 Å². The monoisotopic (exact) mass is 340 g/mol. The van der Waals surface area contributed by atoms with Crippen LogP contribution >= 0.6 is 35.1 Å². The van der Waals surface area contributed by atoms with E-state index >= 15 is 0 Å². The van der Waals surface area contributed by atoms with Crippen molar-refractivity contribution in [2.45, 2.75) is 29.1 Å². The molecule has 0 saturated carbocycles. The first-order chi connectivity index (χ1) is 10.1. The van der Waals surface area contributed by atoms with Crippen molar-refractivity contribution in [2.24, 2.45) is 0 Å². The second-order valence-corrected chi connectivity index (χ2v) is 7.53. The average molecular weight is 340 g/mol. The Morgan fingerprint density at radius 3 is 2.81 bits per heavy atom. The quantitative estimate of drug-likeness (QED) is 0.620. The molecule has 0 aliphatic carbocycles. The second-order valence-electron chi connectivity index (χ2n) is 4.13. The van der Waals surface area contributed by atoms with E-state index in [1.807, 2.05) is 38.1 Å². The predicted molar refractivity (Wildman–Crippen MR) is 91.1 cm³/mol. The van der Waals surface area contributed by atoms with Crippen LogP contribution in [-0.2, 0) is 4.79 Å². The highest BCUT2D eigenvalue weighted by Gasteiger charge is 2.16. The predicted octanol–water partition coefficient (Wildman–Crippen LogP) is 3.35. The number of nitrogens with two attached hydrogens (primary N) is 1. The number of benzene rings is 1. The summed E-state index contributed by atoms with van der Waals surface area (Å²) in [6.07, 6.45) is 0. The molecule has 1 unspecified atom stereocenters. The Balaban J connectivity index is 1.90. The lowest BCUT2D eigenvalue weighted by molar-refractivity contribution is -0.115. The number of hydrogen-bond donors (Lipinski definition) is 2. The van der Waals surface area contributed by atoms with Gasteiger partial charge < -0.3 is 5.73 Å². The second kappa shape index (κ2) is 7.67. The summed E-state index contributed by atoms with van der Waals surface area (Å²) in [5.74, 6) is 0.828. The maximum atomic E-state index is 12.1. The minimum atomic E-state index is -0.222. The zero-order valence-corrected chi connectivity index (χ0v) is 14.1. The number of aromatic nitrogens is 2. The first-order valence-corrected chi connectivity index (χ1v) is 9.02. The standard InChI is InChI=1S/C13H16N4OS3/c1-3-19-13-16-12(21-17-13)15-11(18)8(2)20-10-6-4-9(14)5-7-10/h4-8H,3,14H2,1-2H3,(H,15,16,17,18). The summed E-state index contributed by atoms with van der Waals surface area (Å²) in [6.45, 7) is 3.90. The first kappa shape index (κ1) is 16.1. The number of nitrogens with one attached hydrogen (secondary N) is 1. The van der Waals surface area contributed by atoms with Crippen molar-refractivity contribution in [3.8, 4) is 0 Å². The Labute approximate surface area is 136 Å². The first-order valence-electron chi connectivity index (χ1n) is 6.38. The maximum Gasteiger partial charge on any atom is 0.239 e. The molecule has 0 aliphatic heterocycles. The van der Waals surface area contributed by atoms with E-state index in [1.165, 1.54) is 23.3 Å². The minimum Gasteiger partial charge on any atom is -0.399 e. The van der Waals surface area contributed by atoms with Gasteiger partial charge in [0.1, 0.15) is 0 Å². The zero-order valence-electron chi connectivity index (χ0n) is 11.7. The third kappa shape index (κ3) is 4.90. The van der Waals surface area contributed by atoms with Gasteiger partial charge in [0.25, 0.3) is 0 Å². The molecule has 0 spiro atoms. The molecule has 2 aromatic rings. The van der Waals surface area contributed by atoms with Crippen LogP contribution < -0.4 is 11.1 Å². The van der Waals surface area contributed by atoms with Gasteiger partial charge in [0.2, 0.25) is 16.2 Å². The van der Waals surface area contributed by atoms with Gasteiger partial charge in [-0.2, -0.15) is 9.36 Å². The van der Waals surface area contributed by atoms with E-state index in [4.69, 9.17) is 5.73 Å². The molecule has 5 nitrogen and oxygen atoms in total. The molecule has 0 bridgehead atoms. The maximum absolute atomic E-state index is 12.1. The molecular formula is C13H16N4OS3. The number of amides is 1. The van der Waals surface area contributed by atoms with E-state index in [2.05, 4.69) is 14.7 Å². The van der Waals surface area contributed by atoms with E-state index in [9.17, 15) is 4.79 Å². The molecule has 1 aromatic heterocycles. The molecule has 0 fully saturated rings. The van der Waals surface area contributed by atoms with Gasteiger partial charge in [-0.3, -0.25) is 10.1 Å². The number of anilines is 2. The number of nitrogen functional groups attached to an aromatic ring is 1. The van der Waals surface area contributed by atoms with E-state index in [0.29, 0.717) is 16.0 Å². The van der Waals surface area contributed by atoms with Crippen LogP contribution in [0.15, 0.2) is 34.3 Å². The van der Waals surface area contributed by atoms with E-state index in [0.717, 1.165) is 10.6 Å². The summed E-state index contributed by atoms with van der Waals surface area (Å²) >= 11 is 4.24. The zero-order chi connectivity index (χ0) is 15.2. The number of rotatable bonds is 6. The lowest BCUT2D eigenvalue weighted by atomic mass is 10.3. The molecular weight excluding hydrogens is 324 g/mol. The molecule has 2 rings (SSSR count). The number of carbonyl (C=O) groups excluding carboxylic acids is 1. The van der Waals surface area contributed by atoms with Crippen LogP contribution in [0.4, 0.5) is 10.8 Å². The van der Waals surface area contributed by atoms with Gasteiger partial charge in [0.05, 0.1) is 5.25 Å². The molecule has 112 valence electrons. The van der Waals surface area contributed by atoms with Gasteiger partial charge in [-0.05, 0) is 36.9 Å². The van der Waals surface area contributed by atoms with Crippen molar-refractivity contribution in [3.63, 3.8) is 0 Å². The van der Waals surface area contributed by atoms with Gasteiger partial charge in [0.15, 0.2) is 0 Å². The molecule has 21 heavy (non-hydrogen) atoms. The van der Waals surface area contributed by atoms with Crippen LogP contribution in [0.5, 0.6) is 0 Å². The fraction of sp³-hybridized carbons (Fsp3) is 0.308. The molecule has 0 aliphatic rings. The summed E-state index contributed by atoms with van der Waals surface area (Å²) < 4.78 is 4.17. The van der Waals surface area contributed by atoms with E-state index in [-0.39, 0.29) is 11.2 Å². The average Bonchev–Trinajstić information content (AvgIpc) is 2.89. The fourth-order valence-corrected chi connectivity index (χ4v) is 3.60. The summed E-state index contributed by atoms with van der Waals surface area (Å²) in [6, 6.07) is 7.47. The van der Waals surface area contributed by atoms with Crippen molar-refractivity contribution >= 4 is 51.8 Å². The normalized spacial score (nSPS) is 12.1. The Hall–Kier alpha value is -1.25. The Morgan fingerprint density at radius 2 is 2.14 bits per heavy atom. The lowest BCUT2D eigenvalue weighted by Gasteiger charge is -2.10. The molecule has 1 amide bonds. The van der Waals surface area contributed by atoms with Crippen molar-refractivity contribution in [1.82, 2.24) is 9.36 Å². The van der Waals surface area contributed by atoms with E-state index < -0.39 is 0 Å². The molecule has 3 N–H and O–H groups in total. The molecule has 1 heterocycles. The number of nitrogens with zero attached hydrogens (tertiary/aromatic N) is 2. The van der Waals surface area contributed by atoms with Crippen LogP contribution in [-0.4, -0.2) is 26.3 Å². The summed E-state index contributed by atoms with van der Waals surface area (Å²) in [5, 5.41) is 3.82. The molecule has 1 atom stereocenters. The van der Waals surface area contributed by atoms with Crippen LogP contribution in [0.3, 0.4) is 0 Å². The van der Waals surface area contributed by atoms with Gasteiger partial charge >= 0.3 is 0 Å². The molecule has 0 saturated heterocycles. The molecule has 8 heteroatoms. The van der Waals surface area contributed by atoms with Crippen molar-refractivity contribution < 1.29 is 4.79 Å². The van der Waals surface area contributed by atoms with Gasteiger partial charge in [-0.25, -0.2) is 0 Å². The van der Waals surface area contributed by atoms with Crippen LogP contribution in [0, 0.1) is 0 Å². The van der Waals surface area contributed by atoms with Crippen LogP contribution in [0.25, 0.3) is 0 Å². The summed E-state index contributed by atoms with van der Waals surface area (Å²) in [4.78, 5) is 17.4. The Morgan fingerprint density at radius 1 is 1.43 bits per heavy atom. The van der Waals surface area contributed by atoms with E-state index in [1.54, 1.807) is 11.8 Å². The minimum absolute atomic E-state index is 0.0824. The third-order valence-corrected chi connectivity index (χ3v) is 5.06. The topological polar surface area (TPSA) is 80.9 Å². The number of hydrogen-bond acceptors (Lipinski definition) is 7. The Bertz CT molecular complexity index is 600. The molecule has 1 aromatic carbocycles. The summed E-state index contributed by atoms with van der Waals surface area (Å²) in [7, 11) is 0. The Kier molecular flexibility index (Phi) is 5.89. The highest BCUT2D eigenvalue weighted by molar-refractivity contribution is 8.00. The molecule has 0 radical (unpaired) electrons. The summed E-state index contributed by atoms with van der Waals surface area (Å²) in [5.41, 5.74) is 6.36. The SMILES string of the molecule is CCSc1nsc(NC(=O)C(C)Sc2ccc(N)cc2)n1. The number of carbonyl (C=O) groups is 1. The fourth-order valence-electron chi connectivity index (χ4n) is 1.46. The van der Waals surface area contributed by atoms with Crippen LogP contribution in [0.1, 0.15) is 13.8 Å². The number of thioether (sulfide) groups is 2. The largest absolute Gasteiger partial charge is 0.399 e. The van der Waals surface area contributed by atoms with Crippen molar-refractivity contribution in [2.75, 3.05) is 16.8 Å². The van der Waals surface area contributed by atoms with Gasteiger partial charge in [-0.1, -0.05) is 18.7 Å². The van der Waals surface area contributed by atoms with Crippen molar-refractivity contribution in [3.05, 3.63) is 24.3 Å². The smallest absolute Gasteiger partial charge is 0.239 e. The van der Waals surface area contributed by atoms with Crippen molar-refractivity contribution in [1.29, 1.82) is 0 Å². The van der Waals surface area contributed by atoms with Gasteiger partial charge in [-0.15, -0.1) is 11.8 Å². The highest BCUT2D eigenvalue weighted by Crippen LogP contribution is 2.26. The third-order valence-electron chi connectivity index (χ3n) is 2.47. The lowest BCUT2D eigenvalue weighted by Crippen LogP contribution is -2.22.